The molecular weight excluding hydrogens is 312 g/mol. The lowest BCUT2D eigenvalue weighted by molar-refractivity contribution is 0.130. The van der Waals surface area contributed by atoms with Crippen LogP contribution in [0, 0.1) is 0 Å². The topological polar surface area (TPSA) is 92.4 Å². The summed E-state index contributed by atoms with van der Waals surface area (Å²) in [5.74, 6) is 0. The molecule has 21 heavy (non-hydrogen) atoms. The van der Waals surface area contributed by atoms with E-state index in [4.69, 9.17) is 17.3 Å². The number of aliphatic hydroxyl groups is 1. The highest BCUT2D eigenvalue weighted by Crippen LogP contribution is 2.23. The van der Waals surface area contributed by atoms with Gasteiger partial charge in [0.2, 0.25) is 10.0 Å². The molecule has 118 valence electrons. The number of nitrogens with one attached hydrogen (secondary N) is 1. The van der Waals surface area contributed by atoms with Crippen LogP contribution >= 0.6 is 11.6 Å². The fourth-order valence-electron chi connectivity index (χ4n) is 2.55. The largest absolute Gasteiger partial charge is 0.391 e. The second-order valence-corrected chi connectivity index (χ2v) is 7.51. The van der Waals surface area contributed by atoms with Gasteiger partial charge in [-0.3, -0.25) is 0 Å². The van der Waals surface area contributed by atoms with Crippen molar-refractivity contribution in [2.75, 3.05) is 0 Å². The third-order valence-corrected chi connectivity index (χ3v) is 5.68. The molecule has 7 heteroatoms. The van der Waals surface area contributed by atoms with Gasteiger partial charge in [0.05, 0.1) is 11.0 Å². The van der Waals surface area contributed by atoms with E-state index in [0.717, 1.165) is 19.3 Å². The number of hydrogen-bond acceptors (Lipinski definition) is 4. The Labute approximate surface area is 130 Å². The molecule has 0 aromatic heterocycles. The fraction of sp³-hybridized carbons (Fsp3) is 0.571. The first kappa shape index (κ1) is 16.7. The molecule has 0 heterocycles. The van der Waals surface area contributed by atoms with Crippen LogP contribution < -0.4 is 10.5 Å². The van der Waals surface area contributed by atoms with Crippen molar-refractivity contribution in [2.45, 2.75) is 55.7 Å². The molecule has 5 nitrogen and oxygen atoms in total. The van der Waals surface area contributed by atoms with Crippen molar-refractivity contribution in [3.8, 4) is 0 Å². The molecule has 0 bridgehead atoms. The lowest BCUT2D eigenvalue weighted by Crippen LogP contribution is -2.42. The predicted octanol–water partition coefficient (Wildman–Crippen LogP) is 1.77. The van der Waals surface area contributed by atoms with Gasteiger partial charge < -0.3 is 10.8 Å². The molecule has 1 aliphatic carbocycles. The Balaban J connectivity index is 2.19. The zero-order valence-electron chi connectivity index (χ0n) is 11.8. The van der Waals surface area contributed by atoms with Crippen molar-refractivity contribution in [1.29, 1.82) is 0 Å². The summed E-state index contributed by atoms with van der Waals surface area (Å²) in [6.07, 6.45) is 3.50. The van der Waals surface area contributed by atoms with E-state index >= 15 is 0 Å². The van der Waals surface area contributed by atoms with Gasteiger partial charge in [-0.15, -0.1) is 0 Å². The molecule has 0 amide bonds. The first-order valence-electron chi connectivity index (χ1n) is 7.13. The number of benzene rings is 1. The van der Waals surface area contributed by atoms with Crippen LogP contribution in [0.2, 0.25) is 5.02 Å². The summed E-state index contributed by atoms with van der Waals surface area (Å²) in [5, 5.41) is 10.4. The Morgan fingerprint density at radius 3 is 2.67 bits per heavy atom. The predicted molar refractivity (Wildman–Crippen MR) is 82.5 cm³/mol. The Hall–Kier alpha value is -0.660. The van der Waals surface area contributed by atoms with Crippen molar-refractivity contribution in [3.63, 3.8) is 0 Å². The number of rotatable bonds is 4. The standard InChI is InChI=1S/C14H21ClN2O3S/c15-12-8-11(7-6-10(12)9-16)21(19,20)17-13-4-2-1-3-5-14(13)18/h6-8,13-14,17-18H,1-5,9,16H2. The Kier molecular flexibility index (Phi) is 5.62. The van der Waals surface area contributed by atoms with Gasteiger partial charge in [-0.25, -0.2) is 13.1 Å². The minimum Gasteiger partial charge on any atom is -0.391 e. The maximum Gasteiger partial charge on any atom is 0.240 e. The van der Waals surface area contributed by atoms with Crippen LogP contribution in [0.15, 0.2) is 23.1 Å². The van der Waals surface area contributed by atoms with Gasteiger partial charge in [-0.05, 0) is 30.5 Å². The van der Waals surface area contributed by atoms with E-state index in [9.17, 15) is 13.5 Å². The first-order valence-corrected chi connectivity index (χ1v) is 8.99. The SMILES string of the molecule is NCc1ccc(S(=O)(=O)NC2CCCCCC2O)cc1Cl. The number of nitrogens with two attached hydrogens (primary N) is 1. The number of hydrogen-bond donors (Lipinski definition) is 3. The van der Waals surface area contributed by atoms with E-state index in [1.54, 1.807) is 6.07 Å². The van der Waals surface area contributed by atoms with Gasteiger partial charge >= 0.3 is 0 Å². The van der Waals surface area contributed by atoms with Crippen molar-refractivity contribution < 1.29 is 13.5 Å². The highest BCUT2D eigenvalue weighted by molar-refractivity contribution is 7.89. The Morgan fingerprint density at radius 1 is 1.29 bits per heavy atom. The third-order valence-electron chi connectivity index (χ3n) is 3.84. The van der Waals surface area contributed by atoms with Crippen LogP contribution in [0.4, 0.5) is 0 Å². The van der Waals surface area contributed by atoms with Crippen LogP contribution in [0.3, 0.4) is 0 Å². The summed E-state index contributed by atoms with van der Waals surface area (Å²) >= 11 is 6.01. The van der Waals surface area contributed by atoms with E-state index in [2.05, 4.69) is 4.72 Å². The van der Waals surface area contributed by atoms with Crippen LogP contribution in [0.5, 0.6) is 0 Å². The highest BCUT2D eigenvalue weighted by Gasteiger charge is 2.27. The van der Waals surface area contributed by atoms with Crippen LogP contribution in [0.1, 0.15) is 37.7 Å². The van der Waals surface area contributed by atoms with Crippen molar-refractivity contribution in [2.24, 2.45) is 5.73 Å². The smallest absolute Gasteiger partial charge is 0.240 e. The molecule has 1 aromatic rings. The monoisotopic (exact) mass is 332 g/mol. The minimum absolute atomic E-state index is 0.0983. The average Bonchev–Trinajstić information content (AvgIpc) is 2.64. The van der Waals surface area contributed by atoms with Crippen LogP contribution in [-0.4, -0.2) is 25.7 Å². The van der Waals surface area contributed by atoms with E-state index in [0.29, 0.717) is 23.4 Å². The molecule has 1 fully saturated rings. The minimum atomic E-state index is -3.69. The van der Waals surface area contributed by atoms with Gasteiger partial charge in [0.25, 0.3) is 0 Å². The normalized spacial score (nSPS) is 23.8. The second kappa shape index (κ2) is 7.07. The molecule has 0 saturated heterocycles. The maximum atomic E-state index is 12.4. The summed E-state index contributed by atoms with van der Waals surface area (Å²) in [6, 6.07) is 4.06. The van der Waals surface area contributed by atoms with Crippen LogP contribution in [0.25, 0.3) is 0 Å². The van der Waals surface area contributed by atoms with Gasteiger partial charge in [-0.1, -0.05) is 36.9 Å². The Bertz CT molecular complexity index is 592. The lowest BCUT2D eigenvalue weighted by Gasteiger charge is -2.21. The Morgan fingerprint density at radius 2 is 2.00 bits per heavy atom. The zero-order valence-corrected chi connectivity index (χ0v) is 13.3. The molecule has 0 aliphatic heterocycles. The van der Waals surface area contributed by atoms with Crippen molar-refractivity contribution >= 4 is 21.6 Å². The van der Waals surface area contributed by atoms with E-state index in [1.807, 2.05) is 0 Å². The summed E-state index contributed by atoms with van der Waals surface area (Å²) in [6.45, 7) is 0.258. The zero-order chi connectivity index (χ0) is 15.5. The maximum absolute atomic E-state index is 12.4. The summed E-state index contributed by atoms with van der Waals surface area (Å²) < 4.78 is 27.4. The molecule has 1 saturated carbocycles. The van der Waals surface area contributed by atoms with E-state index in [-0.39, 0.29) is 11.4 Å². The molecule has 1 aromatic carbocycles. The van der Waals surface area contributed by atoms with Crippen molar-refractivity contribution in [3.05, 3.63) is 28.8 Å². The number of sulfonamides is 1. The fourth-order valence-corrected chi connectivity index (χ4v) is 4.21. The summed E-state index contributed by atoms with van der Waals surface area (Å²) in [5.41, 5.74) is 6.21. The van der Waals surface area contributed by atoms with Gasteiger partial charge in [0, 0.05) is 17.6 Å². The summed E-state index contributed by atoms with van der Waals surface area (Å²) in [4.78, 5) is 0.0983. The molecule has 4 N–H and O–H groups in total. The number of halogens is 1. The average molecular weight is 333 g/mol. The van der Waals surface area contributed by atoms with Gasteiger partial charge in [-0.2, -0.15) is 0 Å². The van der Waals surface area contributed by atoms with Crippen LogP contribution in [-0.2, 0) is 16.6 Å². The molecule has 1 aliphatic rings. The quantitative estimate of drug-likeness (QED) is 0.733. The molecule has 0 radical (unpaired) electrons. The lowest BCUT2D eigenvalue weighted by atomic mass is 10.1. The van der Waals surface area contributed by atoms with E-state index < -0.39 is 22.2 Å². The molecule has 0 spiro atoms. The van der Waals surface area contributed by atoms with Gasteiger partial charge in [0.1, 0.15) is 0 Å². The second-order valence-electron chi connectivity index (χ2n) is 5.39. The number of aliphatic hydroxyl groups excluding tert-OH is 1. The first-order chi connectivity index (χ1) is 9.94. The molecular formula is C14H21ClN2O3S. The molecule has 2 atom stereocenters. The van der Waals surface area contributed by atoms with Crippen molar-refractivity contribution in [1.82, 2.24) is 4.72 Å². The molecule has 2 rings (SSSR count). The van der Waals surface area contributed by atoms with E-state index in [1.165, 1.54) is 12.1 Å². The summed E-state index contributed by atoms with van der Waals surface area (Å²) in [7, 11) is -3.69. The van der Waals surface area contributed by atoms with Gasteiger partial charge in [0.15, 0.2) is 0 Å². The third kappa shape index (κ3) is 4.17. The highest BCUT2D eigenvalue weighted by atomic mass is 35.5. The molecule has 2 unspecified atom stereocenters.